The first-order chi connectivity index (χ1) is 11.2. The summed E-state index contributed by atoms with van der Waals surface area (Å²) in [5.74, 6) is 0.703. The van der Waals surface area contributed by atoms with Gasteiger partial charge in [-0.05, 0) is 13.3 Å². The highest BCUT2D eigenvalue weighted by Crippen LogP contribution is 2.29. The molecule has 4 aromatic rings. The van der Waals surface area contributed by atoms with Gasteiger partial charge in [0.05, 0.1) is 23.0 Å². The van der Waals surface area contributed by atoms with Gasteiger partial charge in [-0.15, -0.1) is 10.2 Å². The van der Waals surface area contributed by atoms with Crippen molar-refractivity contribution in [1.82, 2.24) is 39.4 Å². The summed E-state index contributed by atoms with van der Waals surface area (Å²) in [5.41, 5.74) is 2.92. The Labute approximate surface area is 136 Å². The van der Waals surface area contributed by atoms with E-state index in [4.69, 9.17) is 0 Å². The van der Waals surface area contributed by atoms with Crippen LogP contribution in [0, 0.1) is 6.92 Å². The van der Waals surface area contributed by atoms with Crippen LogP contribution in [0.2, 0.25) is 0 Å². The molecule has 4 rings (SSSR count). The van der Waals surface area contributed by atoms with E-state index in [1.165, 1.54) is 11.3 Å². The molecule has 0 aliphatic rings. The molecule has 0 aliphatic carbocycles. The van der Waals surface area contributed by atoms with Crippen molar-refractivity contribution >= 4 is 16.3 Å². The summed E-state index contributed by atoms with van der Waals surface area (Å²) in [7, 11) is 1.87. The molecule has 0 saturated heterocycles. The van der Waals surface area contributed by atoms with E-state index in [1.807, 2.05) is 31.0 Å². The molecule has 0 aliphatic heterocycles. The SMILES string of the molecule is CCCn1cc(-c2nn3c(-c4cnn(C)c4)nnc3s2)c(C)n1. The van der Waals surface area contributed by atoms with Crippen LogP contribution in [0.1, 0.15) is 19.0 Å². The number of rotatable bonds is 4. The van der Waals surface area contributed by atoms with E-state index >= 15 is 0 Å². The van der Waals surface area contributed by atoms with Gasteiger partial charge < -0.3 is 0 Å². The van der Waals surface area contributed by atoms with Crippen LogP contribution >= 0.6 is 11.3 Å². The summed E-state index contributed by atoms with van der Waals surface area (Å²) < 4.78 is 5.48. The van der Waals surface area contributed by atoms with Crippen LogP contribution in [0.5, 0.6) is 0 Å². The van der Waals surface area contributed by atoms with Crippen molar-refractivity contribution in [3.63, 3.8) is 0 Å². The van der Waals surface area contributed by atoms with E-state index in [0.29, 0.717) is 5.82 Å². The third-order valence-electron chi connectivity index (χ3n) is 3.58. The Morgan fingerprint density at radius 3 is 2.78 bits per heavy atom. The topological polar surface area (TPSA) is 78.7 Å². The number of aryl methyl sites for hydroxylation is 3. The zero-order valence-electron chi connectivity index (χ0n) is 13.1. The van der Waals surface area contributed by atoms with Crippen LogP contribution in [-0.4, -0.2) is 39.4 Å². The number of nitrogens with zero attached hydrogens (tertiary/aromatic N) is 8. The maximum Gasteiger partial charge on any atom is 0.235 e. The lowest BCUT2D eigenvalue weighted by Gasteiger charge is -1.94. The third kappa shape index (κ3) is 2.33. The van der Waals surface area contributed by atoms with Gasteiger partial charge in [-0.3, -0.25) is 9.36 Å². The van der Waals surface area contributed by atoms with Crippen molar-refractivity contribution in [2.24, 2.45) is 7.05 Å². The van der Waals surface area contributed by atoms with Crippen LogP contribution in [-0.2, 0) is 13.6 Å². The summed E-state index contributed by atoms with van der Waals surface area (Å²) >= 11 is 1.52. The summed E-state index contributed by atoms with van der Waals surface area (Å²) in [6.07, 6.45) is 6.77. The zero-order valence-corrected chi connectivity index (χ0v) is 13.9. The Balaban J connectivity index is 1.79. The van der Waals surface area contributed by atoms with E-state index in [0.717, 1.165) is 39.8 Å². The third-order valence-corrected chi connectivity index (χ3v) is 4.52. The van der Waals surface area contributed by atoms with Gasteiger partial charge in [0.2, 0.25) is 4.96 Å². The summed E-state index contributed by atoms with van der Waals surface area (Å²) in [6, 6.07) is 0. The van der Waals surface area contributed by atoms with Crippen molar-refractivity contribution in [3.8, 4) is 22.0 Å². The molecule has 0 fully saturated rings. The van der Waals surface area contributed by atoms with Gasteiger partial charge in [0.15, 0.2) is 10.8 Å². The van der Waals surface area contributed by atoms with E-state index in [9.17, 15) is 0 Å². The predicted molar refractivity (Wildman–Crippen MR) is 87.1 cm³/mol. The Morgan fingerprint density at radius 1 is 1.17 bits per heavy atom. The lowest BCUT2D eigenvalue weighted by Crippen LogP contribution is -1.96. The van der Waals surface area contributed by atoms with E-state index in [-0.39, 0.29) is 0 Å². The normalized spacial score (nSPS) is 11.6. The molecular weight excluding hydrogens is 312 g/mol. The molecule has 0 N–H and O–H groups in total. The molecule has 9 heteroatoms. The minimum Gasteiger partial charge on any atom is -0.275 e. The molecule has 0 atom stereocenters. The second kappa shape index (κ2) is 5.27. The van der Waals surface area contributed by atoms with Crippen molar-refractivity contribution in [2.45, 2.75) is 26.8 Å². The molecule has 0 radical (unpaired) electrons. The number of hydrogen-bond acceptors (Lipinski definition) is 6. The van der Waals surface area contributed by atoms with Gasteiger partial charge in [-0.2, -0.15) is 19.8 Å². The van der Waals surface area contributed by atoms with Crippen molar-refractivity contribution in [1.29, 1.82) is 0 Å². The number of fused-ring (bicyclic) bond motifs is 1. The average Bonchev–Trinajstić information content (AvgIpc) is 3.23. The van der Waals surface area contributed by atoms with Gasteiger partial charge in [0.1, 0.15) is 0 Å². The first-order valence-electron chi connectivity index (χ1n) is 7.41. The van der Waals surface area contributed by atoms with Crippen LogP contribution in [0.4, 0.5) is 0 Å². The molecule has 8 nitrogen and oxygen atoms in total. The molecule has 0 saturated carbocycles. The van der Waals surface area contributed by atoms with Gasteiger partial charge in [0.25, 0.3) is 0 Å². The highest BCUT2D eigenvalue weighted by Gasteiger charge is 2.17. The molecule has 118 valence electrons. The van der Waals surface area contributed by atoms with Crippen molar-refractivity contribution in [2.75, 3.05) is 0 Å². The smallest absolute Gasteiger partial charge is 0.235 e. The van der Waals surface area contributed by atoms with Gasteiger partial charge in [-0.25, -0.2) is 0 Å². The second-order valence-electron chi connectivity index (χ2n) is 5.42. The summed E-state index contributed by atoms with van der Waals surface area (Å²) in [5, 5.41) is 22.8. The minimum atomic E-state index is 0.703. The van der Waals surface area contributed by atoms with Crippen LogP contribution in [0.25, 0.3) is 26.9 Å². The first kappa shape index (κ1) is 14.1. The summed E-state index contributed by atoms with van der Waals surface area (Å²) in [6.45, 7) is 5.05. The van der Waals surface area contributed by atoms with E-state index in [2.05, 4.69) is 32.4 Å². The lowest BCUT2D eigenvalue weighted by molar-refractivity contribution is 0.598. The molecule has 23 heavy (non-hydrogen) atoms. The fourth-order valence-electron chi connectivity index (χ4n) is 2.51. The van der Waals surface area contributed by atoms with Gasteiger partial charge >= 0.3 is 0 Å². The first-order valence-corrected chi connectivity index (χ1v) is 8.23. The second-order valence-corrected chi connectivity index (χ2v) is 6.38. The molecule has 0 spiro atoms. The standard InChI is InChI=1S/C14H16N8S/c1-4-5-21-8-11(9(2)18-21)13-19-22-12(16-17-14(22)23-13)10-6-15-20(3)7-10/h6-8H,4-5H2,1-3H3. The van der Waals surface area contributed by atoms with Crippen LogP contribution in [0.15, 0.2) is 18.6 Å². The molecule has 0 unspecified atom stereocenters. The van der Waals surface area contributed by atoms with E-state index < -0.39 is 0 Å². The van der Waals surface area contributed by atoms with Gasteiger partial charge in [0, 0.05) is 26.0 Å². The molecule has 0 amide bonds. The average molecular weight is 328 g/mol. The maximum atomic E-state index is 4.68. The maximum absolute atomic E-state index is 4.68. The highest BCUT2D eigenvalue weighted by molar-refractivity contribution is 7.19. The fourth-order valence-corrected chi connectivity index (χ4v) is 3.42. The number of aromatic nitrogens is 8. The molecule has 0 aromatic carbocycles. The number of hydrogen-bond donors (Lipinski definition) is 0. The van der Waals surface area contributed by atoms with Gasteiger partial charge in [-0.1, -0.05) is 18.3 Å². The predicted octanol–water partition coefficient (Wildman–Crippen LogP) is 2.17. The summed E-state index contributed by atoms with van der Waals surface area (Å²) in [4.78, 5) is 0.765. The zero-order chi connectivity index (χ0) is 16.0. The Bertz CT molecular complexity index is 972. The molecule has 4 aromatic heterocycles. The fraction of sp³-hybridized carbons (Fsp3) is 0.357. The van der Waals surface area contributed by atoms with Crippen molar-refractivity contribution < 1.29 is 0 Å². The van der Waals surface area contributed by atoms with E-state index in [1.54, 1.807) is 15.4 Å². The molecule has 4 heterocycles. The Morgan fingerprint density at radius 2 is 2.04 bits per heavy atom. The Hall–Kier alpha value is -2.55. The van der Waals surface area contributed by atoms with Crippen LogP contribution < -0.4 is 0 Å². The lowest BCUT2D eigenvalue weighted by atomic mass is 10.3. The van der Waals surface area contributed by atoms with Crippen LogP contribution in [0.3, 0.4) is 0 Å². The Kier molecular flexibility index (Phi) is 3.22. The molecular formula is C14H16N8S. The molecule has 0 bridgehead atoms. The monoisotopic (exact) mass is 328 g/mol. The quantitative estimate of drug-likeness (QED) is 0.573. The van der Waals surface area contributed by atoms with Crippen molar-refractivity contribution in [3.05, 3.63) is 24.3 Å². The minimum absolute atomic E-state index is 0.703. The highest BCUT2D eigenvalue weighted by atomic mass is 32.1. The largest absolute Gasteiger partial charge is 0.275 e.